The maximum absolute atomic E-state index is 11.3. The van der Waals surface area contributed by atoms with E-state index in [9.17, 15) is 4.79 Å². The van der Waals surface area contributed by atoms with Gasteiger partial charge in [0.25, 0.3) is 0 Å². The zero-order valence-electron chi connectivity index (χ0n) is 11.4. The van der Waals surface area contributed by atoms with Gasteiger partial charge in [0, 0.05) is 6.61 Å². The first-order chi connectivity index (χ1) is 9.74. The van der Waals surface area contributed by atoms with Gasteiger partial charge in [0.15, 0.2) is 18.3 Å². The van der Waals surface area contributed by atoms with Gasteiger partial charge in [0.2, 0.25) is 0 Å². The summed E-state index contributed by atoms with van der Waals surface area (Å²) in [5.74, 6) is 0.734. The number of methoxy groups -OCH3 is 1. The summed E-state index contributed by atoms with van der Waals surface area (Å²) in [6, 6.07) is 11.2. The minimum Gasteiger partial charge on any atom is -0.464 e. The first-order valence-electron chi connectivity index (χ1n) is 6.23. The first kappa shape index (κ1) is 14.1. The van der Waals surface area contributed by atoms with Crippen LogP contribution in [0.1, 0.15) is 6.92 Å². The quantitative estimate of drug-likeness (QED) is 0.363. The van der Waals surface area contributed by atoms with E-state index >= 15 is 0 Å². The van der Waals surface area contributed by atoms with Crippen LogP contribution in [0.2, 0.25) is 0 Å². The molecule has 20 heavy (non-hydrogen) atoms. The van der Waals surface area contributed by atoms with Crippen LogP contribution in [0.15, 0.2) is 36.4 Å². The van der Waals surface area contributed by atoms with Gasteiger partial charge >= 0.3 is 6.16 Å². The van der Waals surface area contributed by atoms with Gasteiger partial charge in [-0.1, -0.05) is 24.3 Å². The summed E-state index contributed by atoms with van der Waals surface area (Å²) in [7, 11) is 1.25. The summed E-state index contributed by atoms with van der Waals surface area (Å²) < 4.78 is 20.2. The number of fused-ring (bicyclic) bond motifs is 1. The lowest BCUT2D eigenvalue weighted by atomic mass is 10.1. The first-order valence-corrected chi connectivity index (χ1v) is 6.23. The van der Waals surface area contributed by atoms with Crippen LogP contribution in [0, 0.1) is 0 Å². The van der Waals surface area contributed by atoms with Crippen LogP contribution in [-0.4, -0.2) is 26.7 Å². The molecule has 0 aliphatic heterocycles. The second kappa shape index (κ2) is 6.77. The van der Waals surface area contributed by atoms with Crippen molar-refractivity contribution in [2.45, 2.75) is 6.92 Å². The summed E-state index contributed by atoms with van der Waals surface area (Å²) in [5, 5.41) is 1.92. The summed E-state index contributed by atoms with van der Waals surface area (Å²) in [6.45, 7) is 2.50. The molecular weight excluding hydrogens is 260 g/mol. The Morgan fingerprint density at radius 3 is 2.35 bits per heavy atom. The molecule has 106 valence electrons. The largest absolute Gasteiger partial charge is 0.513 e. The fourth-order valence-electron chi connectivity index (χ4n) is 1.71. The molecule has 0 aromatic heterocycles. The number of carbonyl (C=O) groups excluding carboxylic acids is 1. The smallest absolute Gasteiger partial charge is 0.464 e. The minimum atomic E-state index is -0.790. The zero-order valence-corrected chi connectivity index (χ0v) is 11.4. The third-order valence-corrected chi connectivity index (χ3v) is 2.67. The summed E-state index contributed by atoms with van der Waals surface area (Å²) in [5.41, 5.74) is 0. The molecule has 0 atom stereocenters. The summed E-state index contributed by atoms with van der Waals surface area (Å²) >= 11 is 0. The lowest BCUT2D eigenvalue weighted by Crippen LogP contribution is -2.10. The minimum absolute atomic E-state index is 0.0897. The van der Waals surface area contributed by atoms with Gasteiger partial charge in [-0.25, -0.2) is 4.79 Å². The van der Waals surface area contributed by atoms with E-state index < -0.39 is 6.16 Å². The zero-order chi connectivity index (χ0) is 14.4. The Kier molecular flexibility index (Phi) is 4.79. The number of hydrogen-bond acceptors (Lipinski definition) is 5. The molecule has 5 nitrogen and oxygen atoms in total. The Morgan fingerprint density at radius 2 is 1.75 bits per heavy atom. The van der Waals surface area contributed by atoms with Crippen molar-refractivity contribution in [3.05, 3.63) is 36.4 Å². The van der Waals surface area contributed by atoms with E-state index in [1.165, 1.54) is 7.11 Å². The third kappa shape index (κ3) is 3.39. The number of ether oxygens (including phenoxy) is 4. The molecular formula is C15H16O5. The molecule has 0 saturated carbocycles. The van der Waals surface area contributed by atoms with E-state index in [1.54, 1.807) is 12.1 Å². The van der Waals surface area contributed by atoms with E-state index in [0.29, 0.717) is 18.1 Å². The van der Waals surface area contributed by atoms with Gasteiger partial charge in [-0.2, -0.15) is 0 Å². The van der Waals surface area contributed by atoms with Crippen LogP contribution in [0.3, 0.4) is 0 Å². The highest BCUT2D eigenvalue weighted by atomic mass is 16.7. The van der Waals surface area contributed by atoms with Crippen LogP contribution in [-0.2, 0) is 9.47 Å². The second-order valence-electron chi connectivity index (χ2n) is 3.96. The van der Waals surface area contributed by atoms with Crippen molar-refractivity contribution in [1.82, 2.24) is 0 Å². The Labute approximate surface area is 117 Å². The van der Waals surface area contributed by atoms with Crippen molar-refractivity contribution in [2.75, 3.05) is 20.5 Å². The average molecular weight is 276 g/mol. The van der Waals surface area contributed by atoms with Crippen LogP contribution >= 0.6 is 0 Å². The van der Waals surface area contributed by atoms with Gasteiger partial charge in [-0.05, 0) is 29.8 Å². The standard InChI is InChI=1S/C15H16O5/c1-3-18-10-19-13-8-11-6-4-5-7-12(11)9-14(13)20-15(16)17-2/h4-9H,3,10H2,1-2H3. The van der Waals surface area contributed by atoms with E-state index in [1.807, 2.05) is 31.2 Å². The van der Waals surface area contributed by atoms with Crippen LogP contribution in [0.25, 0.3) is 10.8 Å². The highest BCUT2D eigenvalue weighted by Gasteiger charge is 2.12. The average Bonchev–Trinajstić information content (AvgIpc) is 2.47. The van der Waals surface area contributed by atoms with Crippen molar-refractivity contribution in [3.8, 4) is 11.5 Å². The molecule has 0 bridgehead atoms. The topological polar surface area (TPSA) is 54.0 Å². The van der Waals surface area contributed by atoms with Gasteiger partial charge < -0.3 is 18.9 Å². The lowest BCUT2D eigenvalue weighted by molar-refractivity contribution is 0.0205. The van der Waals surface area contributed by atoms with Crippen molar-refractivity contribution >= 4 is 16.9 Å². The maximum Gasteiger partial charge on any atom is 0.513 e. The van der Waals surface area contributed by atoms with Gasteiger partial charge in [0.1, 0.15) is 0 Å². The van der Waals surface area contributed by atoms with Gasteiger partial charge in [-0.15, -0.1) is 0 Å². The Hall–Kier alpha value is -2.27. The SMILES string of the molecule is CCOCOc1cc2ccccc2cc1OC(=O)OC. The Morgan fingerprint density at radius 1 is 1.10 bits per heavy atom. The molecule has 0 aliphatic rings. The fraction of sp³-hybridized carbons (Fsp3) is 0.267. The molecule has 5 heteroatoms. The molecule has 2 aromatic carbocycles. The fourth-order valence-corrected chi connectivity index (χ4v) is 1.71. The molecule has 2 rings (SSSR count). The molecule has 0 N–H and O–H groups in total. The lowest BCUT2D eigenvalue weighted by Gasteiger charge is -2.12. The van der Waals surface area contributed by atoms with Crippen LogP contribution in [0.5, 0.6) is 11.5 Å². The molecule has 0 unspecified atom stereocenters. The number of hydrogen-bond donors (Lipinski definition) is 0. The molecule has 2 aromatic rings. The van der Waals surface area contributed by atoms with Crippen molar-refractivity contribution in [2.24, 2.45) is 0 Å². The molecule has 0 amide bonds. The maximum atomic E-state index is 11.3. The number of benzene rings is 2. The highest BCUT2D eigenvalue weighted by Crippen LogP contribution is 2.32. The molecule has 0 heterocycles. The molecule has 0 aliphatic carbocycles. The number of rotatable bonds is 5. The predicted molar refractivity (Wildman–Crippen MR) is 74.1 cm³/mol. The number of carbonyl (C=O) groups is 1. The molecule has 0 radical (unpaired) electrons. The van der Waals surface area contributed by atoms with Crippen LogP contribution < -0.4 is 9.47 Å². The van der Waals surface area contributed by atoms with Gasteiger partial charge in [0.05, 0.1) is 7.11 Å². The molecule has 0 saturated heterocycles. The summed E-state index contributed by atoms with van der Waals surface area (Å²) in [6.07, 6.45) is -0.790. The van der Waals surface area contributed by atoms with Crippen molar-refractivity contribution in [1.29, 1.82) is 0 Å². The molecule has 0 fully saturated rings. The van der Waals surface area contributed by atoms with E-state index in [0.717, 1.165) is 10.8 Å². The van der Waals surface area contributed by atoms with Crippen molar-refractivity contribution in [3.63, 3.8) is 0 Å². The Bertz CT molecular complexity index is 594. The monoisotopic (exact) mass is 276 g/mol. The van der Waals surface area contributed by atoms with Crippen molar-refractivity contribution < 1.29 is 23.7 Å². The summed E-state index contributed by atoms with van der Waals surface area (Å²) in [4.78, 5) is 11.3. The van der Waals surface area contributed by atoms with E-state index in [-0.39, 0.29) is 6.79 Å². The van der Waals surface area contributed by atoms with Crippen LogP contribution in [0.4, 0.5) is 4.79 Å². The normalized spacial score (nSPS) is 10.3. The van der Waals surface area contributed by atoms with E-state index in [4.69, 9.17) is 14.2 Å². The van der Waals surface area contributed by atoms with E-state index in [2.05, 4.69) is 4.74 Å². The van der Waals surface area contributed by atoms with Gasteiger partial charge in [-0.3, -0.25) is 0 Å². The second-order valence-corrected chi connectivity index (χ2v) is 3.96. The highest BCUT2D eigenvalue weighted by molar-refractivity contribution is 5.86. The Balaban J connectivity index is 2.33. The predicted octanol–water partition coefficient (Wildman–Crippen LogP) is 3.36. The molecule has 0 spiro atoms. The third-order valence-electron chi connectivity index (χ3n) is 2.67.